The zero-order valence-electron chi connectivity index (χ0n) is 10.8. The normalized spacial score (nSPS) is 19.8. The number of carbonyl (C=O) groups is 1. The number of hydrogen-bond donors (Lipinski definition) is 2. The molecule has 3 N–H and O–H groups in total. The molecule has 100 valence electrons. The lowest BCUT2D eigenvalue weighted by atomic mass is 10.2. The fourth-order valence-electron chi connectivity index (χ4n) is 2.53. The lowest BCUT2D eigenvalue weighted by Crippen LogP contribution is -2.54. The molecule has 0 bridgehead atoms. The third kappa shape index (κ3) is 1.84. The Morgan fingerprint density at radius 2 is 2.37 bits per heavy atom. The van der Waals surface area contributed by atoms with Crippen LogP contribution in [0.25, 0.3) is 5.65 Å². The van der Waals surface area contributed by atoms with Gasteiger partial charge in [0, 0.05) is 25.8 Å². The lowest BCUT2D eigenvalue weighted by molar-refractivity contribution is -0.122. The first kappa shape index (κ1) is 12.0. The maximum Gasteiger partial charge on any atom is 0.242 e. The van der Waals surface area contributed by atoms with E-state index in [0.717, 1.165) is 23.7 Å². The number of nitrogens with two attached hydrogens (primary N) is 1. The average Bonchev–Trinajstić information content (AvgIpc) is 2.80. The van der Waals surface area contributed by atoms with Gasteiger partial charge in [0.1, 0.15) is 11.7 Å². The molecule has 2 aromatic rings. The minimum atomic E-state index is -0.219. The molecule has 0 aromatic carbocycles. The summed E-state index contributed by atoms with van der Waals surface area (Å²) in [4.78, 5) is 18.4. The van der Waals surface area contributed by atoms with Crippen molar-refractivity contribution in [3.8, 4) is 0 Å². The standard InChI is InChI=1S/C13H17N5O/c1-9-13(19)15-5-7-17(9)12-10(8-14)18-6-3-2-4-11(18)16-12/h2-4,6,9H,5,7-8,14H2,1H3,(H,15,19). The molecule has 0 spiro atoms. The van der Waals surface area contributed by atoms with E-state index in [2.05, 4.69) is 10.3 Å². The zero-order chi connectivity index (χ0) is 13.4. The number of nitrogens with zero attached hydrogens (tertiary/aromatic N) is 3. The summed E-state index contributed by atoms with van der Waals surface area (Å²) in [6.45, 7) is 3.68. The van der Waals surface area contributed by atoms with E-state index in [4.69, 9.17) is 5.73 Å². The SMILES string of the molecule is CC1C(=O)NCCN1c1nc2ccccn2c1CN. The molecule has 2 aromatic heterocycles. The van der Waals surface area contributed by atoms with Gasteiger partial charge < -0.3 is 20.4 Å². The summed E-state index contributed by atoms with van der Waals surface area (Å²) in [5.41, 5.74) is 7.66. The van der Waals surface area contributed by atoms with Gasteiger partial charge in [-0.25, -0.2) is 4.98 Å². The van der Waals surface area contributed by atoms with Crippen LogP contribution in [0.3, 0.4) is 0 Å². The van der Waals surface area contributed by atoms with Gasteiger partial charge in [-0.05, 0) is 19.1 Å². The van der Waals surface area contributed by atoms with E-state index < -0.39 is 0 Å². The van der Waals surface area contributed by atoms with Crippen molar-refractivity contribution < 1.29 is 4.79 Å². The van der Waals surface area contributed by atoms with E-state index in [1.54, 1.807) is 0 Å². The molecule has 1 saturated heterocycles. The number of fused-ring (bicyclic) bond motifs is 1. The second-order valence-corrected chi connectivity index (χ2v) is 4.68. The van der Waals surface area contributed by atoms with Crippen LogP contribution in [-0.2, 0) is 11.3 Å². The molecule has 0 radical (unpaired) electrons. The Balaban J connectivity index is 2.11. The second kappa shape index (κ2) is 4.55. The van der Waals surface area contributed by atoms with Crippen molar-refractivity contribution in [2.45, 2.75) is 19.5 Å². The van der Waals surface area contributed by atoms with Crippen LogP contribution < -0.4 is 16.0 Å². The highest BCUT2D eigenvalue weighted by Crippen LogP contribution is 2.24. The highest BCUT2D eigenvalue weighted by molar-refractivity contribution is 5.86. The average molecular weight is 259 g/mol. The van der Waals surface area contributed by atoms with Crippen LogP contribution in [0.1, 0.15) is 12.6 Å². The molecule has 19 heavy (non-hydrogen) atoms. The molecule has 1 amide bonds. The van der Waals surface area contributed by atoms with Crippen LogP contribution in [0, 0.1) is 0 Å². The van der Waals surface area contributed by atoms with Gasteiger partial charge in [0.15, 0.2) is 5.82 Å². The van der Waals surface area contributed by atoms with Crippen LogP contribution in [-0.4, -0.2) is 34.4 Å². The number of imidazole rings is 1. The van der Waals surface area contributed by atoms with Crippen molar-refractivity contribution in [2.24, 2.45) is 5.73 Å². The molecule has 6 nitrogen and oxygen atoms in total. The molecular formula is C13H17N5O. The maximum absolute atomic E-state index is 11.8. The third-order valence-corrected chi connectivity index (χ3v) is 3.57. The number of carbonyl (C=O) groups excluding carboxylic acids is 1. The van der Waals surface area contributed by atoms with Gasteiger partial charge in [0.05, 0.1) is 5.69 Å². The van der Waals surface area contributed by atoms with E-state index in [1.165, 1.54) is 0 Å². The van der Waals surface area contributed by atoms with Crippen molar-refractivity contribution >= 4 is 17.4 Å². The summed E-state index contributed by atoms with van der Waals surface area (Å²) in [6, 6.07) is 5.61. The van der Waals surface area contributed by atoms with Gasteiger partial charge in [-0.15, -0.1) is 0 Å². The summed E-state index contributed by atoms with van der Waals surface area (Å²) >= 11 is 0. The summed E-state index contributed by atoms with van der Waals surface area (Å²) in [7, 11) is 0. The van der Waals surface area contributed by atoms with Crippen molar-refractivity contribution in [3.63, 3.8) is 0 Å². The molecule has 0 saturated carbocycles. The highest BCUT2D eigenvalue weighted by atomic mass is 16.2. The van der Waals surface area contributed by atoms with E-state index in [-0.39, 0.29) is 11.9 Å². The topological polar surface area (TPSA) is 75.7 Å². The Hall–Kier alpha value is -2.08. The van der Waals surface area contributed by atoms with Crippen LogP contribution in [0.5, 0.6) is 0 Å². The van der Waals surface area contributed by atoms with E-state index in [9.17, 15) is 4.79 Å². The minimum absolute atomic E-state index is 0.0336. The molecule has 1 unspecified atom stereocenters. The van der Waals surface area contributed by atoms with E-state index in [1.807, 2.05) is 40.6 Å². The number of nitrogens with one attached hydrogen (secondary N) is 1. The lowest BCUT2D eigenvalue weighted by Gasteiger charge is -2.33. The molecule has 1 atom stereocenters. The van der Waals surface area contributed by atoms with Crippen molar-refractivity contribution in [1.29, 1.82) is 0 Å². The number of rotatable bonds is 2. The van der Waals surface area contributed by atoms with Crippen molar-refractivity contribution in [3.05, 3.63) is 30.1 Å². The molecule has 1 aliphatic rings. The monoisotopic (exact) mass is 259 g/mol. The van der Waals surface area contributed by atoms with Crippen molar-refractivity contribution in [1.82, 2.24) is 14.7 Å². The molecule has 3 rings (SSSR count). The predicted octanol–water partition coefficient (Wildman–Crippen LogP) is 0.118. The van der Waals surface area contributed by atoms with Crippen molar-refractivity contribution in [2.75, 3.05) is 18.0 Å². The molecule has 3 heterocycles. The first-order valence-corrected chi connectivity index (χ1v) is 6.42. The van der Waals surface area contributed by atoms with Gasteiger partial charge in [-0.2, -0.15) is 0 Å². The molecule has 6 heteroatoms. The van der Waals surface area contributed by atoms with Crippen LogP contribution >= 0.6 is 0 Å². The summed E-state index contributed by atoms with van der Waals surface area (Å²) in [5, 5.41) is 2.86. The van der Waals surface area contributed by atoms with Gasteiger partial charge in [0.2, 0.25) is 5.91 Å². The Bertz CT molecular complexity index is 621. The van der Waals surface area contributed by atoms with Crippen LogP contribution in [0.2, 0.25) is 0 Å². The summed E-state index contributed by atoms with van der Waals surface area (Å²) < 4.78 is 1.98. The number of aromatic nitrogens is 2. The van der Waals surface area contributed by atoms with Gasteiger partial charge >= 0.3 is 0 Å². The fraction of sp³-hybridized carbons (Fsp3) is 0.385. The molecule has 1 aliphatic heterocycles. The predicted molar refractivity (Wildman–Crippen MR) is 72.9 cm³/mol. The van der Waals surface area contributed by atoms with Gasteiger partial charge in [-0.1, -0.05) is 6.07 Å². The number of pyridine rings is 1. The highest BCUT2D eigenvalue weighted by Gasteiger charge is 2.29. The van der Waals surface area contributed by atoms with Gasteiger partial charge in [-0.3, -0.25) is 4.79 Å². The number of piperazine rings is 1. The fourth-order valence-corrected chi connectivity index (χ4v) is 2.53. The van der Waals surface area contributed by atoms with E-state index in [0.29, 0.717) is 13.1 Å². The summed E-state index contributed by atoms with van der Waals surface area (Å²) in [6.07, 6.45) is 1.95. The zero-order valence-corrected chi connectivity index (χ0v) is 10.8. The number of amides is 1. The maximum atomic E-state index is 11.8. The molecule has 1 fully saturated rings. The molecule has 0 aliphatic carbocycles. The van der Waals surface area contributed by atoms with Crippen LogP contribution in [0.15, 0.2) is 24.4 Å². The smallest absolute Gasteiger partial charge is 0.242 e. The molecular weight excluding hydrogens is 242 g/mol. The van der Waals surface area contributed by atoms with Crippen LogP contribution in [0.4, 0.5) is 5.82 Å². The first-order valence-electron chi connectivity index (χ1n) is 6.42. The Morgan fingerprint density at radius 3 is 3.16 bits per heavy atom. The number of hydrogen-bond acceptors (Lipinski definition) is 4. The van der Waals surface area contributed by atoms with E-state index >= 15 is 0 Å². The third-order valence-electron chi connectivity index (χ3n) is 3.57. The summed E-state index contributed by atoms with van der Waals surface area (Å²) in [5.74, 6) is 0.849. The minimum Gasteiger partial charge on any atom is -0.353 e. The Morgan fingerprint density at radius 1 is 1.53 bits per heavy atom. The number of anilines is 1. The second-order valence-electron chi connectivity index (χ2n) is 4.68. The first-order chi connectivity index (χ1) is 9.22. The van der Waals surface area contributed by atoms with Gasteiger partial charge in [0.25, 0.3) is 0 Å². The largest absolute Gasteiger partial charge is 0.353 e. The Kier molecular flexibility index (Phi) is 2.87. The Labute approximate surface area is 111 Å². The quantitative estimate of drug-likeness (QED) is 0.803.